The molecule has 3 heteroatoms. The lowest BCUT2D eigenvalue weighted by Gasteiger charge is -2.03. The van der Waals surface area contributed by atoms with Gasteiger partial charge < -0.3 is 4.74 Å². The van der Waals surface area contributed by atoms with Crippen LogP contribution in [0.15, 0.2) is 24.3 Å². The number of ether oxygens (including phenoxy) is 1. The fourth-order valence-electron chi connectivity index (χ4n) is 1.35. The number of carbonyl (C=O) groups is 2. The number of Topliss-reactive ketones (excluding diaryl/α,β-unsaturated/α-hetero) is 1. The first-order chi connectivity index (χ1) is 7.61. The van der Waals surface area contributed by atoms with Crippen molar-refractivity contribution in [2.45, 2.75) is 33.1 Å². The molecule has 16 heavy (non-hydrogen) atoms. The molecule has 0 aromatic heterocycles. The van der Waals surface area contributed by atoms with Gasteiger partial charge in [0.2, 0.25) is 0 Å². The van der Waals surface area contributed by atoms with E-state index in [9.17, 15) is 9.59 Å². The summed E-state index contributed by atoms with van der Waals surface area (Å²) in [6, 6.07) is 7.24. The van der Waals surface area contributed by atoms with Crippen molar-refractivity contribution in [3.05, 3.63) is 29.8 Å². The Morgan fingerprint density at radius 1 is 1.19 bits per heavy atom. The number of carbonyl (C=O) groups excluding carboxylic acids is 2. The number of rotatable bonds is 5. The normalized spacial score (nSPS) is 9.88. The van der Waals surface area contributed by atoms with Crippen molar-refractivity contribution in [1.82, 2.24) is 0 Å². The predicted molar refractivity (Wildman–Crippen MR) is 61.4 cm³/mol. The SMILES string of the molecule is CCC(=O)CCc1ccc(OC(C)=O)cc1. The number of ketones is 1. The monoisotopic (exact) mass is 220 g/mol. The molecular weight excluding hydrogens is 204 g/mol. The van der Waals surface area contributed by atoms with Gasteiger partial charge in [0, 0.05) is 19.8 Å². The van der Waals surface area contributed by atoms with Gasteiger partial charge >= 0.3 is 5.97 Å². The second kappa shape index (κ2) is 6.05. The molecule has 0 unspecified atom stereocenters. The van der Waals surface area contributed by atoms with E-state index in [1.807, 2.05) is 19.1 Å². The molecule has 86 valence electrons. The summed E-state index contributed by atoms with van der Waals surface area (Å²) in [5.41, 5.74) is 1.08. The summed E-state index contributed by atoms with van der Waals surface area (Å²) in [5, 5.41) is 0. The van der Waals surface area contributed by atoms with Gasteiger partial charge in [-0.25, -0.2) is 0 Å². The lowest BCUT2D eigenvalue weighted by molar-refractivity contribution is -0.131. The van der Waals surface area contributed by atoms with Gasteiger partial charge in [-0.1, -0.05) is 19.1 Å². The molecule has 0 spiro atoms. The summed E-state index contributed by atoms with van der Waals surface area (Å²) in [6.45, 7) is 3.24. The van der Waals surface area contributed by atoms with Crippen molar-refractivity contribution < 1.29 is 14.3 Å². The minimum Gasteiger partial charge on any atom is -0.427 e. The number of hydrogen-bond acceptors (Lipinski definition) is 3. The second-order valence-electron chi connectivity index (χ2n) is 3.63. The van der Waals surface area contributed by atoms with Crippen molar-refractivity contribution in [3.63, 3.8) is 0 Å². The van der Waals surface area contributed by atoms with Crippen LogP contribution in [0.25, 0.3) is 0 Å². The molecule has 1 aromatic rings. The summed E-state index contributed by atoms with van der Waals surface area (Å²) < 4.78 is 4.91. The van der Waals surface area contributed by atoms with Crippen LogP contribution in [-0.2, 0) is 16.0 Å². The Morgan fingerprint density at radius 2 is 1.81 bits per heavy atom. The van der Waals surface area contributed by atoms with Crippen LogP contribution < -0.4 is 4.74 Å². The van der Waals surface area contributed by atoms with Crippen LogP contribution >= 0.6 is 0 Å². The summed E-state index contributed by atoms with van der Waals surface area (Å²) in [7, 11) is 0. The highest BCUT2D eigenvalue weighted by Gasteiger charge is 2.01. The maximum Gasteiger partial charge on any atom is 0.308 e. The second-order valence-corrected chi connectivity index (χ2v) is 3.63. The van der Waals surface area contributed by atoms with Crippen LogP contribution in [-0.4, -0.2) is 11.8 Å². The lowest BCUT2D eigenvalue weighted by Crippen LogP contribution is -2.01. The molecule has 0 N–H and O–H groups in total. The molecule has 3 nitrogen and oxygen atoms in total. The first kappa shape index (κ1) is 12.4. The molecule has 1 aromatic carbocycles. The van der Waals surface area contributed by atoms with Crippen molar-refractivity contribution in [1.29, 1.82) is 0 Å². The van der Waals surface area contributed by atoms with E-state index in [4.69, 9.17) is 4.74 Å². The topological polar surface area (TPSA) is 43.4 Å². The van der Waals surface area contributed by atoms with Crippen molar-refractivity contribution >= 4 is 11.8 Å². The third-order valence-electron chi connectivity index (χ3n) is 2.27. The van der Waals surface area contributed by atoms with Gasteiger partial charge in [-0.2, -0.15) is 0 Å². The number of aryl methyl sites for hydroxylation is 1. The van der Waals surface area contributed by atoms with Gasteiger partial charge in [0.05, 0.1) is 0 Å². The molecule has 0 saturated heterocycles. The Morgan fingerprint density at radius 3 is 2.31 bits per heavy atom. The highest BCUT2D eigenvalue weighted by molar-refractivity contribution is 5.78. The van der Waals surface area contributed by atoms with Gasteiger partial charge in [0.15, 0.2) is 0 Å². The molecule has 1 rings (SSSR count). The number of esters is 1. The molecule has 0 aliphatic rings. The van der Waals surface area contributed by atoms with Crippen LogP contribution in [0.5, 0.6) is 5.75 Å². The third kappa shape index (κ3) is 4.26. The van der Waals surface area contributed by atoms with E-state index >= 15 is 0 Å². The minimum atomic E-state index is -0.325. The molecule has 0 aliphatic heterocycles. The molecular formula is C13H16O3. The van der Waals surface area contributed by atoms with Crippen LogP contribution in [0.1, 0.15) is 32.3 Å². The Labute approximate surface area is 95.4 Å². The zero-order valence-corrected chi connectivity index (χ0v) is 9.66. The molecule has 0 fully saturated rings. The van der Waals surface area contributed by atoms with E-state index < -0.39 is 0 Å². The summed E-state index contributed by atoms with van der Waals surface area (Å²) >= 11 is 0. The fourth-order valence-corrected chi connectivity index (χ4v) is 1.35. The van der Waals surface area contributed by atoms with E-state index in [2.05, 4.69) is 0 Å². The Hall–Kier alpha value is -1.64. The molecule has 0 heterocycles. The maximum absolute atomic E-state index is 11.1. The van der Waals surface area contributed by atoms with Gasteiger partial charge in [-0.3, -0.25) is 9.59 Å². The number of hydrogen-bond donors (Lipinski definition) is 0. The number of benzene rings is 1. The van der Waals surface area contributed by atoms with Crippen molar-refractivity contribution in [2.24, 2.45) is 0 Å². The average molecular weight is 220 g/mol. The first-order valence-electron chi connectivity index (χ1n) is 5.41. The van der Waals surface area contributed by atoms with Crippen LogP contribution in [0.2, 0.25) is 0 Å². The van der Waals surface area contributed by atoms with Crippen LogP contribution in [0.3, 0.4) is 0 Å². The smallest absolute Gasteiger partial charge is 0.308 e. The lowest BCUT2D eigenvalue weighted by atomic mass is 10.1. The zero-order chi connectivity index (χ0) is 12.0. The van der Waals surface area contributed by atoms with E-state index in [1.54, 1.807) is 12.1 Å². The van der Waals surface area contributed by atoms with Crippen LogP contribution in [0, 0.1) is 0 Å². The summed E-state index contributed by atoms with van der Waals surface area (Å²) in [6.07, 6.45) is 1.90. The molecule has 0 amide bonds. The molecule has 0 saturated carbocycles. The van der Waals surface area contributed by atoms with Crippen LogP contribution in [0.4, 0.5) is 0 Å². The van der Waals surface area contributed by atoms with Gasteiger partial charge in [-0.15, -0.1) is 0 Å². The van der Waals surface area contributed by atoms with Gasteiger partial charge in [-0.05, 0) is 24.1 Å². The first-order valence-corrected chi connectivity index (χ1v) is 5.41. The van der Waals surface area contributed by atoms with E-state index in [0.717, 1.165) is 12.0 Å². The van der Waals surface area contributed by atoms with E-state index in [-0.39, 0.29) is 11.8 Å². The zero-order valence-electron chi connectivity index (χ0n) is 9.66. The predicted octanol–water partition coefficient (Wildman–Crippen LogP) is 2.52. The molecule has 0 aliphatic carbocycles. The maximum atomic E-state index is 11.1. The standard InChI is InChI=1S/C13H16O3/c1-3-12(15)7-4-11-5-8-13(9-6-11)16-10(2)14/h5-6,8-9H,3-4,7H2,1-2H3. The van der Waals surface area contributed by atoms with E-state index in [0.29, 0.717) is 18.6 Å². The fraction of sp³-hybridized carbons (Fsp3) is 0.385. The van der Waals surface area contributed by atoms with Crippen molar-refractivity contribution in [2.75, 3.05) is 0 Å². The summed E-state index contributed by atoms with van der Waals surface area (Å²) in [4.78, 5) is 21.8. The highest BCUT2D eigenvalue weighted by atomic mass is 16.5. The van der Waals surface area contributed by atoms with Gasteiger partial charge in [0.25, 0.3) is 0 Å². The summed E-state index contributed by atoms with van der Waals surface area (Å²) in [5.74, 6) is 0.482. The molecule has 0 atom stereocenters. The molecule has 0 radical (unpaired) electrons. The minimum absolute atomic E-state index is 0.268. The largest absolute Gasteiger partial charge is 0.427 e. The Balaban J connectivity index is 2.51. The quantitative estimate of drug-likeness (QED) is 0.565. The Kier molecular flexibility index (Phi) is 4.70. The van der Waals surface area contributed by atoms with E-state index in [1.165, 1.54) is 6.92 Å². The molecule has 0 bridgehead atoms. The highest BCUT2D eigenvalue weighted by Crippen LogP contribution is 2.13. The average Bonchev–Trinajstić information content (AvgIpc) is 2.27. The van der Waals surface area contributed by atoms with Crippen molar-refractivity contribution in [3.8, 4) is 5.75 Å². The Bertz CT molecular complexity index is 365. The third-order valence-corrected chi connectivity index (χ3v) is 2.27. The van der Waals surface area contributed by atoms with Gasteiger partial charge in [0.1, 0.15) is 11.5 Å².